The topological polar surface area (TPSA) is 108 Å². The molecule has 2 N–H and O–H groups in total. The lowest BCUT2D eigenvalue weighted by molar-refractivity contribution is -0.115. The van der Waals surface area contributed by atoms with Crippen LogP contribution in [0, 0.1) is 18.3 Å². The summed E-state index contributed by atoms with van der Waals surface area (Å²) in [4.78, 5) is 18.0. The molecule has 3 heterocycles. The van der Waals surface area contributed by atoms with Gasteiger partial charge in [-0.25, -0.2) is 4.98 Å². The fraction of sp³-hybridized carbons (Fsp3) is 0.333. The third-order valence-corrected chi connectivity index (χ3v) is 6.80. The van der Waals surface area contributed by atoms with Gasteiger partial charge in [-0.2, -0.15) is 5.26 Å². The fourth-order valence-electron chi connectivity index (χ4n) is 3.30. The zero-order valence-electron chi connectivity index (χ0n) is 16.5. The van der Waals surface area contributed by atoms with Crippen LogP contribution in [-0.2, 0) is 17.6 Å². The number of thiophene rings is 1. The van der Waals surface area contributed by atoms with Gasteiger partial charge in [0.2, 0.25) is 11.1 Å². The zero-order chi connectivity index (χ0) is 20.9. The first-order chi connectivity index (χ1) is 14.6. The Hall–Kier alpha value is -2.83. The van der Waals surface area contributed by atoms with E-state index in [9.17, 15) is 10.1 Å². The van der Waals surface area contributed by atoms with Gasteiger partial charge in [0.15, 0.2) is 0 Å². The maximum Gasteiger partial charge on any atom is 0.225 e. The molecule has 154 valence electrons. The van der Waals surface area contributed by atoms with Crippen LogP contribution in [0.5, 0.6) is 0 Å². The maximum absolute atomic E-state index is 12.4. The molecule has 9 heteroatoms. The SMILES string of the molecule is Cc1ccc(/C=C/c2nc(SCCC(=O)Nc3sc4c(c3C#N)CCCC4)n[nH]2)o1. The van der Waals surface area contributed by atoms with Crippen molar-refractivity contribution in [1.29, 1.82) is 5.26 Å². The number of amides is 1. The molecule has 0 aromatic carbocycles. The van der Waals surface area contributed by atoms with Gasteiger partial charge in [0.25, 0.3) is 0 Å². The highest BCUT2D eigenvalue weighted by molar-refractivity contribution is 7.99. The molecule has 0 saturated carbocycles. The van der Waals surface area contributed by atoms with E-state index in [-0.39, 0.29) is 5.91 Å². The highest BCUT2D eigenvalue weighted by atomic mass is 32.2. The highest BCUT2D eigenvalue weighted by Crippen LogP contribution is 2.37. The predicted octanol–water partition coefficient (Wildman–Crippen LogP) is 4.81. The Bertz CT molecular complexity index is 1120. The van der Waals surface area contributed by atoms with E-state index >= 15 is 0 Å². The fourth-order valence-corrected chi connectivity index (χ4v) is 5.30. The molecule has 0 radical (unpaired) electrons. The Labute approximate surface area is 182 Å². The van der Waals surface area contributed by atoms with E-state index in [4.69, 9.17) is 4.42 Å². The summed E-state index contributed by atoms with van der Waals surface area (Å²) in [5.74, 6) is 2.69. The number of carbonyl (C=O) groups is 1. The number of H-pyrrole nitrogens is 1. The Balaban J connectivity index is 1.27. The number of anilines is 1. The number of nitriles is 1. The van der Waals surface area contributed by atoms with Crippen LogP contribution in [0.25, 0.3) is 12.2 Å². The van der Waals surface area contributed by atoms with Crippen LogP contribution >= 0.6 is 23.1 Å². The summed E-state index contributed by atoms with van der Waals surface area (Å²) in [5.41, 5.74) is 1.78. The number of aromatic nitrogens is 3. The van der Waals surface area contributed by atoms with Crippen LogP contribution in [0.1, 0.15) is 52.6 Å². The molecular weight excluding hydrogens is 418 g/mol. The van der Waals surface area contributed by atoms with E-state index in [0.29, 0.717) is 33.7 Å². The van der Waals surface area contributed by atoms with Crippen LogP contribution in [0.4, 0.5) is 5.00 Å². The number of aryl methyl sites for hydroxylation is 2. The lowest BCUT2D eigenvalue weighted by atomic mass is 9.96. The largest absolute Gasteiger partial charge is 0.462 e. The number of nitrogens with zero attached hydrogens (tertiary/aromatic N) is 3. The van der Waals surface area contributed by atoms with Crippen LogP contribution in [-0.4, -0.2) is 26.8 Å². The number of aromatic amines is 1. The number of hydrogen-bond acceptors (Lipinski definition) is 7. The molecule has 1 aliphatic carbocycles. The summed E-state index contributed by atoms with van der Waals surface area (Å²) >= 11 is 2.96. The first-order valence-electron chi connectivity index (χ1n) is 9.76. The van der Waals surface area contributed by atoms with E-state index in [1.807, 2.05) is 25.1 Å². The third-order valence-electron chi connectivity index (χ3n) is 4.75. The molecule has 0 atom stereocenters. The van der Waals surface area contributed by atoms with E-state index in [1.165, 1.54) is 16.6 Å². The van der Waals surface area contributed by atoms with Crippen molar-refractivity contribution in [2.75, 3.05) is 11.1 Å². The molecule has 3 aromatic heterocycles. The minimum atomic E-state index is -0.0959. The molecule has 1 aliphatic rings. The lowest BCUT2D eigenvalue weighted by Crippen LogP contribution is -2.12. The van der Waals surface area contributed by atoms with Crippen molar-refractivity contribution in [3.63, 3.8) is 0 Å². The maximum atomic E-state index is 12.4. The van der Waals surface area contributed by atoms with Crippen LogP contribution < -0.4 is 5.32 Å². The minimum absolute atomic E-state index is 0.0959. The second kappa shape index (κ2) is 9.32. The number of furan rings is 1. The molecule has 0 spiro atoms. The molecule has 7 nitrogen and oxygen atoms in total. The Morgan fingerprint density at radius 2 is 2.27 bits per heavy atom. The molecule has 0 unspecified atom stereocenters. The number of thioether (sulfide) groups is 1. The standard InChI is InChI=1S/C21H21N5O2S2/c1-13-6-7-14(28-13)8-9-18-23-21(26-25-18)29-11-10-19(27)24-20-16(12-22)15-4-2-3-5-17(15)30-20/h6-9H,2-5,10-11H2,1H3,(H,24,27)(H,23,25,26)/b9-8+. The van der Waals surface area contributed by atoms with Crippen molar-refractivity contribution in [2.45, 2.75) is 44.2 Å². The predicted molar refractivity (Wildman–Crippen MR) is 118 cm³/mol. The normalized spacial score (nSPS) is 13.3. The third kappa shape index (κ3) is 4.83. The summed E-state index contributed by atoms with van der Waals surface area (Å²) in [5, 5.41) is 20.7. The van der Waals surface area contributed by atoms with E-state index in [2.05, 4.69) is 26.6 Å². The van der Waals surface area contributed by atoms with Gasteiger partial charge in [-0.1, -0.05) is 11.8 Å². The number of rotatable bonds is 7. The van der Waals surface area contributed by atoms with Gasteiger partial charge in [0.1, 0.15) is 28.4 Å². The quantitative estimate of drug-likeness (QED) is 0.512. The Kier molecular flexibility index (Phi) is 6.35. The number of carbonyl (C=O) groups excluding carboxylic acids is 1. The average Bonchev–Trinajstić information content (AvgIpc) is 3.44. The summed E-state index contributed by atoms with van der Waals surface area (Å²) < 4.78 is 5.48. The average molecular weight is 440 g/mol. The van der Waals surface area contributed by atoms with Crippen molar-refractivity contribution >= 4 is 46.2 Å². The second-order valence-electron chi connectivity index (χ2n) is 6.96. The molecule has 3 aromatic rings. The lowest BCUT2D eigenvalue weighted by Gasteiger charge is -2.09. The van der Waals surface area contributed by atoms with Crippen LogP contribution in [0.15, 0.2) is 21.7 Å². The minimum Gasteiger partial charge on any atom is -0.462 e. The van der Waals surface area contributed by atoms with Gasteiger partial charge < -0.3 is 9.73 Å². The van der Waals surface area contributed by atoms with Crippen molar-refractivity contribution in [3.05, 3.63) is 45.5 Å². The Morgan fingerprint density at radius 1 is 1.40 bits per heavy atom. The first kappa shape index (κ1) is 20.4. The van der Waals surface area contributed by atoms with Crippen LogP contribution in [0.3, 0.4) is 0 Å². The van der Waals surface area contributed by atoms with Crippen molar-refractivity contribution in [1.82, 2.24) is 15.2 Å². The van der Waals surface area contributed by atoms with Gasteiger partial charge in [0.05, 0.1) is 5.56 Å². The van der Waals surface area contributed by atoms with E-state index in [0.717, 1.165) is 42.8 Å². The van der Waals surface area contributed by atoms with Gasteiger partial charge in [-0.3, -0.25) is 9.89 Å². The molecule has 30 heavy (non-hydrogen) atoms. The zero-order valence-corrected chi connectivity index (χ0v) is 18.2. The molecule has 0 aliphatic heterocycles. The number of hydrogen-bond donors (Lipinski definition) is 2. The molecule has 0 bridgehead atoms. The van der Waals surface area contributed by atoms with Gasteiger partial charge in [0, 0.05) is 17.1 Å². The summed E-state index contributed by atoms with van der Waals surface area (Å²) in [6, 6.07) is 6.06. The molecule has 0 saturated heterocycles. The van der Waals surface area contributed by atoms with Gasteiger partial charge in [-0.05, 0) is 62.5 Å². The second-order valence-corrected chi connectivity index (χ2v) is 9.13. The molecule has 4 rings (SSSR count). The molecule has 0 fully saturated rings. The van der Waals surface area contributed by atoms with Gasteiger partial charge >= 0.3 is 0 Å². The van der Waals surface area contributed by atoms with Crippen molar-refractivity contribution in [3.8, 4) is 6.07 Å². The number of nitrogens with one attached hydrogen (secondary N) is 2. The summed E-state index contributed by atoms with van der Waals surface area (Å²) in [7, 11) is 0. The molecular formula is C21H21N5O2S2. The smallest absolute Gasteiger partial charge is 0.225 e. The monoisotopic (exact) mass is 439 g/mol. The van der Waals surface area contributed by atoms with Crippen LogP contribution in [0.2, 0.25) is 0 Å². The molecule has 1 amide bonds. The summed E-state index contributed by atoms with van der Waals surface area (Å²) in [6.45, 7) is 1.89. The number of fused-ring (bicyclic) bond motifs is 1. The van der Waals surface area contributed by atoms with Crippen molar-refractivity contribution in [2.24, 2.45) is 0 Å². The highest BCUT2D eigenvalue weighted by Gasteiger charge is 2.21. The van der Waals surface area contributed by atoms with E-state index < -0.39 is 0 Å². The first-order valence-corrected chi connectivity index (χ1v) is 11.6. The Morgan fingerprint density at radius 3 is 3.07 bits per heavy atom. The summed E-state index contributed by atoms with van der Waals surface area (Å²) in [6.07, 6.45) is 8.13. The van der Waals surface area contributed by atoms with Crippen molar-refractivity contribution < 1.29 is 9.21 Å². The van der Waals surface area contributed by atoms with Gasteiger partial charge in [-0.15, -0.1) is 16.4 Å². The van der Waals surface area contributed by atoms with E-state index in [1.54, 1.807) is 17.4 Å².